The molecule has 0 spiro atoms. The molecule has 0 bridgehead atoms. The van der Waals surface area contributed by atoms with Gasteiger partial charge in [0.1, 0.15) is 0 Å². The fraction of sp³-hybridized carbons (Fsp3) is 0. The van der Waals surface area contributed by atoms with E-state index in [0.29, 0.717) is 0 Å². The highest BCUT2D eigenvalue weighted by molar-refractivity contribution is 6.23. The molecule has 9 aromatic carbocycles. The Morgan fingerprint density at radius 1 is 0.208 bits per heavy atom. The largest absolute Gasteiger partial charge is 0.0622 e. The Kier molecular flexibility index (Phi) is 6.91. The summed E-state index contributed by atoms with van der Waals surface area (Å²) in [4.78, 5) is 0. The smallest absolute Gasteiger partial charge is 0.00199 e. The standard InChI is InChI=1S/C48H32/c1-3-14-33(15-4-1)35-26-29-36(30-27-35)40-24-13-25-45(46(40)37-17-5-2-6-18-37)48-43-22-11-9-20-41(43)47(42-21-10-12-23-44(42)48)39-31-28-34-16-7-8-19-38(34)32-39/h1-32H. The van der Waals surface area contributed by atoms with Crippen molar-refractivity contribution in [3.05, 3.63) is 194 Å². The molecule has 224 valence electrons. The minimum atomic E-state index is 1.21. The topological polar surface area (TPSA) is 0 Å². The van der Waals surface area contributed by atoms with E-state index >= 15 is 0 Å². The third-order valence-corrected chi connectivity index (χ3v) is 9.67. The lowest BCUT2D eigenvalue weighted by Crippen LogP contribution is -1.94. The summed E-state index contributed by atoms with van der Waals surface area (Å²) in [5.74, 6) is 0. The van der Waals surface area contributed by atoms with Crippen molar-refractivity contribution in [1.82, 2.24) is 0 Å². The van der Waals surface area contributed by atoms with Gasteiger partial charge in [-0.3, -0.25) is 0 Å². The van der Waals surface area contributed by atoms with Crippen LogP contribution in [0.5, 0.6) is 0 Å². The first-order valence-corrected chi connectivity index (χ1v) is 16.6. The van der Waals surface area contributed by atoms with Crippen molar-refractivity contribution in [2.45, 2.75) is 0 Å². The van der Waals surface area contributed by atoms with Crippen LogP contribution < -0.4 is 0 Å². The van der Waals surface area contributed by atoms with E-state index in [1.54, 1.807) is 0 Å². The molecule has 0 aliphatic rings. The summed E-state index contributed by atoms with van der Waals surface area (Å²) < 4.78 is 0. The van der Waals surface area contributed by atoms with Gasteiger partial charge in [-0.05, 0) is 94.0 Å². The molecule has 0 N–H and O–H groups in total. The minimum Gasteiger partial charge on any atom is -0.0622 e. The molecule has 0 aliphatic heterocycles. The average molecular weight is 609 g/mol. The second-order valence-electron chi connectivity index (χ2n) is 12.4. The van der Waals surface area contributed by atoms with Crippen LogP contribution in [-0.2, 0) is 0 Å². The summed E-state index contributed by atoms with van der Waals surface area (Å²) in [5.41, 5.74) is 12.4. The summed E-state index contributed by atoms with van der Waals surface area (Å²) in [6.07, 6.45) is 0. The zero-order valence-electron chi connectivity index (χ0n) is 26.5. The molecular formula is C48H32. The summed E-state index contributed by atoms with van der Waals surface area (Å²) in [6.45, 7) is 0. The lowest BCUT2D eigenvalue weighted by atomic mass is 9.81. The van der Waals surface area contributed by atoms with Gasteiger partial charge < -0.3 is 0 Å². The molecule has 0 radical (unpaired) electrons. The number of rotatable bonds is 5. The number of hydrogen-bond donors (Lipinski definition) is 0. The molecule has 0 heteroatoms. The lowest BCUT2D eigenvalue weighted by Gasteiger charge is -2.22. The maximum Gasteiger partial charge on any atom is -0.00199 e. The van der Waals surface area contributed by atoms with Crippen LogP contribution in [-0.4, -0.2) is 0 Å². The second-order valence-corrected chi connectivity index (χ2v) is 12.4. The van der Waals surface area contributed by atoms with Gasteiger partial charge in [0.15, 0.2) is 0 Å². The molecule has 0 saturated heterocycles. The average Bonchev–Trinajstić information content (AvgIpc) is 3.17. The van der Waals surface area contributed by atoms with Crippen molar-refractivity contribution in [2.24, 2.45) is 0 Å². The van der Waals surface area contributed by atoms with Gasteiger partial charge in [0, 0.05) is 0 Å². The van der Waals surface area contributed by atoms with E-state index in [0.717, 1.165) is 0 Å². The van der Waals surface area contributed by atoms with Crippen molar-refractivity contribution in [3.8, 4) is 55.6 Å². The van der Waals surface area contributed by atoms with Crippen molar-refractivity contribution in [3.63, 3.8) is 0 Å². The van der Waals surface area contributed by atoms with E-state index in [-0.39, 0.29) is 0 Å². The third-order valence-electron chi connectivity index (χ3n) is 9.67. The first-order chi connectivity index (χ1) is 23.8. The molecule has 0 unspecified atom stereocenters. The number of hydrogen-bond acceptors (Lipinski definition) is 0. The molecule has 0 heterocycles. The summed E-state index contributed by atoms with van der Waals surface area (Å²) in [6, 6.07) is 70.7. The maximum absolute atomic E-state index is 2.35. The number of fused-ring (bicyclic) bond motifs is 3. The molecule has 9 rings (SSSR count). The molecule has 0 aliphatic carbocycles. The van der Waals surface area contributed by atoms with Gasteiger partial charge in [-0.2, -0.15) is 0 Å². The van der Waals surface area contributed by atoms with Crippen molar-refractivity contribution in [2.75, 3.05) is 0 Å². The Labute approximate surface area is 281 Å². The molecule has 0 aromatic heterocycles. The van der Waals surface area contributed by atoms with E-state index in [4.69, 9.17) is 0 Å². The zero-order chi connectivity index (χ0) is 31.9. The second kappa shape index (κ2) is 11.8. The van der Waals surface area contributed by atoms with Crippen LogP contribution in [0, 0.1) is 0 Å². The molecule has 0 saturated carbocycles. The maximum atomic E-state index is 2.35. The third kappa shape index (κ3) is 4.78. The molecule has 9 aromatic rings. The van der Waals surface area contributed by atoms with Gasteiger partial charge >= 0.3 is 0 Å². The van der Waals surface area contributed by atoms with Crippen molar-refractivity contribution < 1.29 is 0 Å². The highest BCUT2D eigenvalue weighted by Gasteiger charge is 2.21. The van der Waals surface area contributed by atoms with Crippen molar-refractivity contribution >= 4 is 32.3 Å². The molecule has 0 nitrogen and oxygen atoms in total. The Morgan fingerprint density at radius 2 is 0.667 bits per heavy atom. The van der Waals surface area contributed by atoms with E-state index in [1.807, 2.05) is 0 Å². The first kappa shape index (κ1) is 28.0. The molecule has 0 amide bonds. The van der Waals surface area contributed by atoms with Crippen molar-refractivity contribution in [1.29, 1.82) is 0 Å². The first-order valence-electron chi connectivity index (χ1n) is 16.6. The van der Waals surface area contributed by atoms with Crippen LogP contribution >= 0.6 is 0 Å². The number of benzene rings is 9. The normalized spacial score (nSPS) is 11.3. The molecule has 0 atom stereocenters. The highest BCUT2D eigenvalue weighted by Crippen LogP contribution is 2.48. The van der Waals surface area contributed by atoms with Gasteiger partial charge in [0.05, 0.1) is 0 Å². The fourth-order valence-corrected chi connectivity index (χ4v) is 7.46. The van der Waals surface area contributed by atoms with E-state index in [2.05, 4.69) is 194 Å². The summed E-state index contributed by atoms with van der Waals surface area (Å²) in [5, 5.41) is 7.55. The van der Waals surface area contributed by atoms with Gasteiger partial charge in [0.2, 0.25) is 0 Å². The molecule has 0 fully saturated rings. The molecular weight excluding hydrogens is 577 g/mol. The fourth-order valence-electron chi connectivity index (χ4n) is 7.46. The van der Waals surface area contributed by atoms with E-state index < -0.39 is 0 Å². The Balaban J connectivity index is 1.33. The minimum absolute atomic E-state index is 1.21. The SMILES string of the molecule is c1ccc(-c2ccc(-c3cccc(-c4c5ccccc5c(-c5ccc6ccccc6c5)c5ccccc45)c3-c3ccccc3)cc2)cc1. The lowest BCUT2D eigenvalue weighted by molar-refractivity contribution is 1.56. The Bertz CT molecular complexity index is 2520. The predicted molar refractivity (Wildman–Crippen MR) is 206 cm³/mol. The monoisotopic (exact) mass is 608 g/mol. The van der Waals surface area contributed by atoms with E-state index in [1.165, 1.54) is 88.0 Å². The van der Waals surface area contributed by atoms with Gasteiger partial charge in [-0.1, -0.05) is 188 Å². The summed E-state index contributed by atoms with van der Waals surface area (Å²) in [7, 11) is 0. The van der Waals surface area contributed by atoms with Crippen LogP contribution in [0.4, 0.5) is 0 Å². The Morgan fingerprint density at radius 3 is 1.31 bits per heavy atom. The van der Waals surface area contributed by atoms with Gasteiger partial charge in [-0.25, -0.2) is 0 Å². The van der Waals surface area contributed by atoms with Crippen LogP contribution in [0.1, 0.15) is 0 Å². The summed E-state index contributed by atoms with van der Waals surface area (Å²) >= 11 is 0. The zero-order valence-corrected chi connectivity index (χ0v) is 26.5. The van der Waals surface area contributed by atoms with E-state index in [9.17, 15) is 0 Å². The predicted octanol–water partition coefficient (Wildman–Crippen LogP) is 13.5. The van der Waals surface area contributed by atoms with Gasteiger partial charge in [-0.15, -0.1) is 0 Å². The van der Waals surface area contributed by atoms with Crippen LogP contribution in [0.15, 0.2) is 194 Å². The van der Waals surface area contributed by atoms with Gasteiger partial charge in [0.25, 0.3) is 0 Å². The van der Waals surface area contributed by atoms with Crippen LogP contribution in [0.2, 0.25) is 0 Å². The quantitative estimate of drug-likeness (QED) is 0.171. The highest BCUT2D eigenvalue weighted by atomic mass is 14.2. The van der Waals surface area contributed by atoms with Crippen LogP contribution in [0.25, 0.3) is 88.0 Å². The van der Waals surface area contributed by atoms with Crippen LogP contribution in [0.3, 0.4) is 0 Å². The molecule has 48 heavy (non-hydrogen) atoms. The Hall–Kier alpha value is -6.24.